The third-order valence-corrected chi connectivity index (χ3v) is 4.33. The minimum absolute atomic E-state index is 0.0734. The molecule has 1 atom stereocenters. The van der Waals surface area contributed by atoms with Gasteiger partial charge in [0.1, 0.15) is 29.6 Å². The number of furan rings is 1. The van der Waals surface area contributed by atoms with Gasteiger partial charge in [-0.3, -0.25) is 0 Å². The highest BCUT2D eigenvalue weighted by molar-refractivity contribution is 5.95. The Morgan fingerprint density at radius 2 is 2.07 bits per heavy atom. The largest absolute Gasteiger partial charge is 0.491 e. The molecule has 0 saturated carbocycles. The van der Waals surface area contributed by atoms with Crippen LogP contribution < -0.4 is 4.74 Å². The predicted molar refractivity (Wildman–Crippen MR) is 101 cm³/mol. The number of carboxylic acid groups (broad SMARTS) is 1. The summed E-state index contributed by atoms with van der Waals surface area (Å²) in [7, 11) is 0. The number of benzene rings is 1. The minimum Gasteiger partial charge on any atom is -0.491 e. The number of nitrogens with zero attached hydrogens (tertiary/aromatic N) is 1. The molecule has 1 aromatic carbocycles. The van der Waals surface area contributed by atoms with Crippen molar-refractivity contribution in [2.75, 3.05) is 26.3 Å². The summed E-state index contributed by atoms with van der Waals surface area (Å²) in [6.45, 7) is 8.71. The zero-order valence-electron chi connectivity index (χ0n) is 16.5. The van der Waals surface area contributed by atoms with Gasteiger partial charge in [-0.15, -0.1) is 0 Å². The Hall–Kier alpha value is -2.74. The standard InChI is InChI=1S/C20H25NO7/c1-12-15-9-13(5-6-16(15)27-17(12)18(22)23)26-11-14-10-21(7-8-25-14)19(24)28-20(2,3)4/h5-6,9,14H,7-8,10-11H2,1-4H3,(H,22,23)/t14-/m1/s1. The lowest BCUT2D eigenvalue weighted by Crippen LogP contribution is -2.49. The number of hydrogen-bond acceptors (Lipinski definition) is 6. The summed E-state index contributed by atoms with van der Waals surface area (Å²) in [5, 5.41) is 9.86. The fourth-order valence-corrected chi connectivity index (χ4v) is 3.00. The normalized spacial score (nSPS) is 17.6. The zero-order valence-corrected chi connectivity index (χ0v) is 16.5. The van der Waals surface area contributed by atoms with Gasteiger partial charge in [-0.2, -0.15) is 0 Å². The smallest absolute Gasteiger partial charge is 0.410 e. The molecule has 0 unspecified atom stereocenters. The van der Waals surface area contributed by atoms with Gasteiger partial charge in [-0.1, -0.05) is 0 Å². The number of amides is 1. The average molecular weight is 391 g/mol. The summed E-state index contributed by atoms with van der Waals surface area (Å²) in [5.41, 5.74) is 0.499. The van der Waals surface area contributed by atoms with Crippen molar-refractivity contribution in [3.8, 4) is 5.75 Å². The molecule has 1 aromatic heterocycles. The Labute approximate surface area is 162 Å². The number of morpholine rings is 1. The van der Waals surface area contributed by atoms with Gasteiger partial charge in [0.2, 0.25) is 5.76 Å². The molecule has 0 radical (unpaired) electrons. The molecule has 28 heavy (non-hydrogen) atoms. The van der Waals surface area contributed by atoms with Crippen molar-refractivity contribution in [2.45, 2.75) is 39.4 Å². The maximum absolute atomic E-state index is 12.2. The number of carbonyl (C=O) groups excluding carboxylic acids is 1. The number of fused-ring (bicyclic) bond motifs is 1. The molecule has 1 amide bonds. The topological polar surface area (TPSA) is 98.4 Å². The van der Waals surface area contributed by atoms with E-state index >= 15 is 0 Å². The number of hydrogen-bond donors (Lipinski definition) is 1. The van der Waals surface area contributed by atoms with E-state index in [0.29, 0.717) is 42.0 Å². The average Bonchev–Trinajstić information content (AvgIpc) is 2.95. The zero-order chi connectivity index (χ0) is 20.5. The molecular formula is C20H25NO7. The lowest BCUT2D eigenvalue weighted by Gasteiger charge is -2.34. The van der Waals surface area contributed by atoms with Crippen LogP contribution in [-0.4, -0.2) is 60.1 Å². The van der Waals surface area contributed by atoms with Gasteiger partial charge in [0.15, 0.2) is 0 Å². The van der Waals surface area contributed by atoms with Crippen molar-refractivity contribution in [1.82, 2.24) is 4.90 Å². The van der Waals surface area contributed by atoms with Crippen LogP contribution in [0.25, 0.3) is 11.0 Å². The predicted octanol–water partition coefficient (Wildman–Crippen LogP) is 3.45. The van der Waals surface area contributed by atoms with Gasteiger partial charge >= 0.3 is 12.1 Å². The number of ether oxygens (including phenoxy) is 3. The Bertz CT molecular complexity index is 881. The first-order valence-electron chi connectivity index (χ1n) is 9.13. The summed E-state index contributed by atoms with van der Waals surface area (Å²) in [6, 6.07) is 5.14. The second-order valence-electron chi connectivity index (χ2n) is 7.75. The molecule has 8 nitrogen and oxygen atoms in total. The van der Waals surface area contributed by atoms with Crippen molar-refractivity contribution < 1.29 is 33.3 Å². The fraction of sp³-hybridized carbons (Fsp3) is 0.500. The first-order chi connectivity index (χ1) is 13.1. The molecular weight excluding hydrogens is 366 g/mol. The van der Waals surface area contributed by atoms with Crippen molar-refractivity contribution in [3.63, 3.8) is 0 Å². The van der Waals surface area contributed by atoms with E-state index in [4.69, 9.17) is 23.7 Å². The van der Waals surface area contributed by atoms with E-state index in [1.165, 1.54) is 0 Å². The molecule has 0 bridgehead atoms. The lowest BCUT2D eigenvalue weighted by atomic mass is 10.1. The molecule has 1 aliphatic rings. The molecule has 1 N–H and O–H groups in total. The van der Waals surface area contributed by atoms with Crippen molar-refractivity contribution in [1.29, 1.82) is 0 Å². The molecule has 152 valence electrons. The summed E-state index contributed by atoms with van der Waals surface area (Å²) < 4.78 is 22.3. The highest BCUT2D eigenvalue weighted by Crippen LogP contribution is 2.29. The van der Waals surface area contributed by atoms with Crippen LogP contribution in [0.3, 0.4) is 0 Å². The SMILES string of the molecule is Cc1c(C(=O)O)oc2ccc(OC[C@H]3CN(C(=O)OC(C)(C)C)CCO3)cc12. The minimum atomic E-state index is -1.10. The van der Waals surface area contributed by atoms with Crippen molar-refractivity contribution in [3.05, 3.63) is 29.5 Å². The molecule has 3 rings (SSSR count). The summed E-state index contributed by atoms with van der Waals surface area (Å²) >= 11 is 0. The molecule has 1 aliphatic heterocycles. The molecule has 2 heterocycles. The van der Waals surface area contributed by atoms with Gasteiger partial charge in [-0.05, 0) is 45.9 Å². The number of aryl methyl sites for hydroxylation is 1. The number of rotatable bonds is 4. The summed E-state index contributed by atoms with van der Waals surface area (Å²) in [4.78, 5) is 25.0. The van der Waals surface area contributed by atoms with Gasteiger partial charge < -0.3 is 28.6 Å². The van der Waals surface area contributed by atoms with E-state index in [1.54, 1.807) is 30.0 Å². The highest BCUT2D eigenvalue weighted by Gasteiger charge is 2.28. The van der Waals surface area contributed by atoms with Crippen LogP contribution in [0.1, 0.15) is 36.9 Å². The molecule has 1 saturated heterocycles. The van der Waals surface area contributed by atoms with Gasteiger partial charge in [0.05, 0.1) is 13.2 Å². The number of aromatic carboxylic acids is 1. The maximum atomic E-state index is 12.2. The number of carbonyl (C=O) groups is 2. The second-order valence-corrected chi connectivity index (χ2v) is 7.75. The third-order valence-electron chi connectivity index (χ3n) is 4.33. The van der Waals surface area contributed by atoms with Gasteiger partial charge in [0, 0.05) is 17.5 Å². The van der Waals surface area contributed by atoms with Crippen molar-refractivity contribution in [2.24, 2.45) is 0 Å². The van der Waals surface area contributed by atoms with E-state index < -0.39 is 11.6 Å². The van der Waals surface area contributed by atoms with Crippen LogP contribution >= 0.6 is 0 Å². The highest BCUT2D eigenvalue weighted by atomic mass is 16.6. The first-order valence-corrected chi connectivity index (χ1v) is 9.13. The van der Waals surface area contributed by atoms with E-state index in [-0.39, 0.29) is 24.6 Å². The monoisotopic (exact) mass is 391 g/mol. The Morgan fingerprint density at radius 3 is 2.75 bits per heavy atom. The van der Waals surface area contributed by atoms with Crippen LogP contribution in [0, 0.1) is 6.92 Å². The maximum Gasteiger partial charge on any atom is 0.410 e. The molecule has 0 spiro atoms. The summed E-state index contributed by atoms with van der Waals surface area (Å²) in [5.74, 6) is -0.601. The third kappa shape index (κ3) is 4.56. The lowest BCUT2D eigenvalue weighted by molar-refractivity contribution is -0.0557. The van der Waals surface area contributed by atoms with Crippen LogP contribution in [0.2, 0.25) is 0 Å². The molecule has 2 aromatic rings. The fourth-order valence-electron chi connectivity index (χ4n) is 3.00. The van der Waals surface area contributed by atoms with Crippen LogP contribution in [0.5, 0.6) is 5.75 Å². The van der Waals surface area contributed by atoms with Crippen molar-refractivity contribution >= 4 is 23.0 Å². The molecule has 1 fully saturated rings. The Balaban J connectivity index is 1.62. The summed E-state index contributed by atoms with van der Waals surface area (Å²) in [6.07, 6.45) is -0.644. The Kier molecular flexibility index (Phi) is 5.51. The first kappa shape index (κ1) is 20.0. The van der Waals surface area contributed by atoms with E-state index in [0.717, 1.165) is 0 Å². The van der Waals surface area contributed by atoms with Crippen LogP contribution in [-0.2, 0) is 9.47 Å². The van der Waals surface area contributed by atoms with Gasteiger partial charge in [-0.25, -0.2) is 9.59 Å². The van der Waals surface area contributed by atoms with Crippen LogP contribution in [0.4, 0.5) is 4.79 Å². The van der Waals surface area contributed by atoms with Crippen LogP contribution in [0.15, 0.2) is 22.6 Å². The quantitative estimate of drug-likeness (QED) is 0.852. The second kappa shape index (κ2) is 7.71. The van der Waals surface area contributed by atoms with Gasteiger partial charge in [0.25, 0.3) is 0 Å². The van der Waals surface area contributed by atoms with E-state index in [9.17, 15) is 9.59 Å². The van der Waals surface area contributed by atoms with E-state index in [2.05, 4.69) is 0 Å². The Morgan fingerprint density at radius 1 is 1.32 bits per heavy atom. The number of carboxylic acids is 1. The molecule has 0 aliphatic carbocycles. The van der Waals surface area contributed by atoms with E-state index in [1.807, 2.05) is 20.8 Å². The molecule has 8 heteroatoms.